The molecule has 0 atom stereocenters. The first-order chi connectivity index (χ1) is 3.42. The van der Waals surface area contributed by atoms with Crippen LogP contribution >= 0.6 is 0 Å². The average molecular weight is 116 g/mol. The molecular weight excluding hydrogens is 104 g/mol. The lowest BCUT2D eigenvalue weighted by Crippen LogP contribution is -2.36. The van der Waals surface area contributed by atoms with Gasteiger partial charge in [0, 0.05) is 12.0 Å². The summed E-state index contributed by atoms with van der Waals surface area (Å²) in [6.45, 7) is 3.52. The molecule has 0 aromatic rings. The standard InChI is InChI=1S/C5H12N2O/c1-5(2,7)3-4(6)8/h3,7H2,1-2H3,(H2,6,8). The summed E-state index contributed by atoms with van der Waals surface area (Å²) in [5.41, 5.74) is 9.84. The molecule has 0 bridgehead atoms. The van der Waals surface area contributed by atoms with Gasteiger partial charge in [-0.1, -0.05) is 0 Å². The molecule has 48 valence electrons. The van der Waals surface area contributed by atoms with Crippen LogP contribution in [0, 0.1) is 0 Å². The van der Waals surface area contributed by atoms with Crippen molar-refractivity contribution in [1.82, 2.24) is 0 Å². The van der Waals surface area contributed by atoms with Gasteiger partial charge in [-0.05, 0) is 13.8 Å². The summed E-state index contributed by atoms with van der Waals surface area (Å²) in [6, 6.07) is 0. The SMILES string of the molecule is CC(C)(N)CC(N)=O. The van der Waals surface area contributed by atoms with Crippen LogP contribution in [0.2, 0.25) is 0 Å². The number of hydrogen-bond acceptors (Lipinski definition) is 2. The molecule has 0 heterocycles. The van der Waals surface area contributed by atoms with E-state index in [0.717, 1.165) is 0 Å². The molecule has 0 spiro atoms. The van der Waals surface area contributed by atoms with Crippen molar-refractivity contribution in [3.05, 3.63) is 0 Å². The minimum atomic E-state index is -0.453. The maximum absolute atomic E-state index is 10.2. The molecule has 0 rings (SSSR count). The van der Waals surface area contributed by atoms with Crippen molar-refractivity contribution < 1.29 is 4.79 Å². The molecule has 0 fully saturated rings. The molecule has 0 saturated heterocycles. The Morgan fingerprint density at radius 3 is 2.00 bits per heavy atom. The zero-order valence-electron chi connectivity index (χ0n) is 5.27. The van der Waals surface area contributed by atoms with Crippen molar-refractivity contribution in [2.24, 2.45) is 11.5 Å². The van der Waals surface area contributed by atoms with E-state index in [1.54, 1.807) is 13.8 Å². The molecule has 0 aliphatic heterocycles. The van der Waals surface area contributed by atoms with Gasteiger partial charge >= 0.3 is 0 Å². The van der Waals surface area contributed by atoms with Gasteiger partial charge in [0.15, 0.2) is 0 Å². The third-order valence-electron chi connectivity index (χ3n) is 0.630. The second-order valence-corrected chi connectivity index (χ2v) is 2.63. The molecule has 3 heteroatoms. The second kappa shape index (κ2) is 2.13. The zero-order valence-corrected chi connectivity index (χ0v) is 5.27. The van der Waals surface area contributed by atoms with Crippen LogP contribution in [0.25, 0.3) is 0 Å². The highest BCUT2D eigenvalue weighted by Crippen LogP contribution is 2.00. The van der Waals surface area contributed by atoms with Crippen LogP contribution in [0.15, 0.2) is 0 Å². The lowest BCUT2D eigenvalue weighted by atomic mass is 10.0. The fourth-order valence-electron chi connectivity index (χ4n) is 0.449. The van der Waals surface area contributed by atoms with E-state index in [-0.39, 0.29) is 12.3 Å². The minimum absolute atomic E-state index is 0.243. The van der Waals surface area contributed by atoms with Crippen LogP contribution in [0.5, 0.6) is 0 Å². The minimum Gasteiger partial charge on any atom is -0.370 e. The van der Waals surface area contributed by atoms with Crippen molar-refractivity contribution in [2.75, 3.05) is 0 Å². The molecule has 0 aliphatic carbocycles. The third-order valence-corrected chi connectivity index (χ3v) is 0.630. The van der Waals surface area contributed by atoms with E-state index in [2.05, 4.69) is 0 Å². The molecule has 0 aliphatic rings. The van der Waals surface area contributed by atoms with Crippen molar-refractivity contribution in [3.63, 3.8) is 0 Å². The van der Waals surface area contributed by atoms with Gasteiger partial charge in [-0.25, -0.2) is 0 Å². The number of primary amides is 1. The molecule has 0 unspecified atom stereocenters. The van der Waals surface area contributed by atoms with Crippen LogP contribution in [0.4, 0.5) is 0 Å². The summed E-state index contributed by atoms with van der Waals surface area (Å²) in [6.07, 6.45) is 0.243. The maximum atomic E-state index is 10.2. The van der Waals surface area contributed by atoms with E-state index >= 15 is 0 Å². The van der Waals surface area contributed by atoms with Crippen molar-refractivity contribution in [2.45, 2.75) is 25.8 Å². The Morgan fingerprint density at radius 2 is 2.00 bits per heavy atom. The quantitative estimate of drug-likeness (QED) is 0.515. The lowest BCUT2D eigenvalue weighted by Gasteiger charge is -2.14. The molecule has 0 aromatic carbocycles. The Hall–Kier alpha value is -0.570. The Bertz CT molecular complexity index is 93.1. The largest absolute Gasteiger partial charge is 0.370 e. The van der Waals surface area contributed by atoms with E-state index < -0.39 is 5.54 Å². The molecule has 8 heavy (non-hydrogen) atoms. The predicted octanol–water partition coefficient (Wildman–Crippen LogP) is -0.401. The maximum Gasteiger partial charge on any atom is 0.219 e. The first-order valence-corrected chi connectivity index (χ1v) is 2.49. The number of nitrogens with two attached hydrogens (primary N) is 2. The number of carbonyl (C=O) groups excluding carboxylic acids is 1. The smallest absolute Gasteiger partial charge is 0.219 e. The fourth-order valence-corrected chi connectivity index (χ4v) is 0.449. The van der Waals surface area contributed by atoms with Gasteiger partial charge in [0.2, 0.25) is 5.91 Å². The van der Waals surface area contributed by atoms with Gasteiger partial charge in [0.25, 0.3) is 0 Å². The van der Waals surface area contributed by atoms with Gasteiger partial charge in [-0.3, -0.25) is 4.79 Å². The first-order valence-electron chi connectivity index (χ1n) is 2.49. The molecule has 0 saturated carbocycles. The van der Waals surface area contributed by atoms with Crippen molar-refractivity contribution in [3.8, 4) is 0 Å². The summed E-state index contributed by atoms with van der Waals surface area (Å²) in [5.74, 6) is -0.350. The molecule has 0 radical (unpaired) electrons. The van der Waals surface area contributed by atoms with Crippen LogP contribution < -0.4 is 11.5 Å². The molecule has 3 nitrogen and oxygen atoms in total. The molecule has 1 amide bonds. The summed E-state index contributed by atoms with van der Waals surface area (Å²) >= 11 is 0. The number of amides is 1. The van der Waals surface area contributed by atoms with Crippen molar-refractivity contribution in [1.29, 1.82) is 0 Å². The second-order valence-electron chi connectivity index (χ2n) is 2.63. The van der Waals surface area contributed by atoms with Gasteiger partial charge in [0.05, 0.1) is 0 Å². The molecular formula is C5H12N2O. The lowest BCUT2D eigenvalue weighted by molar-refractivity contribution is -0.118. The Balaban J connectivity index is 3.55. The van der Waals surface area contributed by atoms with Crippen molar-refractivity contribution >= 4 is 5.91 Å². The summed E-state index contributed by atoms with van der Waals surface area (Å²) in [4.78, 5) is 10.2. The number of hydrogen-bond donors (Lipinski definition) is 2. The number of rotatable bonds is 2. The summed E-state index contributed by atoms with van der Waals surface area (Å²) < 4.78 is 0. The van der Waals surface area contributed by atoms with Gasteiger partial charge < -0.3 is 11.5 Å². The van der Waals surface area contributed by atoms with E-state index in [1.807, 2.05) is 0 Å². The monoisotopic (exact) mass is 116 g/mol. The highest BCUT2D eigenvalue weighted by atomic mass is 16.1. The zero-order chi connectivity index (χ0) is 6.78. The highest BCUT2D eigenvalue weighted by molar-refractivity contribution is 5.74. The normalized spacial score (nSPS) is 11.4. The topological polar surface area (TPSA) is 69.1 Å². The Labute approximate surface area is 49.0 Å². The van der Waals surface area contributed by atoms with Crippen LogP contribution in [-0.4, -0.2) is 11.4 Å². The Morgan fingerprint density at radius 1 is 1.62 bits per heavy atom. The van der Waals surface area contributed by atoms with E-state index in [1.165, 1.54) is 0 Å². The van der Waals surface area contributed by atoms with Gasteiger partial charge in [-0.15, -0.1) is 0 Å². The Kier molecular flexibility index (Phi) is 1.98. The van der Waals surface area contributed by atoms with Gasteiger partial charge in [0.1, 0.15) is 0 Å². The molecule has 0 aromatic heterocycles. The van der Waals surface area contributed by atoms with E-state index in [0.29, 0.717) is 0 Å². The summed E-state index contributed by atoms with van der Waals surface area (Å²) in [7, 11) is 0. The average Bonchev–Trinajstić information content (AvgIpc) is 1.21. The summed E-state index contributed by atoms with van der Waals surface area (Å²) in [5, 5.41) is 0. The predicted molar refractivity (Wildman–Crippen MR) is 32.1 cm³/mol. The first kappa shape index (κ1) is 7.43. The fraction of sp³-hybridized carbons (Fsp3) is 0.800. The number of carbonyl (C=O) groups is 1. The van der Waals surface area contributed by atoms with Gasteiger partial charge in [-0.2, -0.15) is 0 Å². The third kappa shape index (κ3) is 5.43. The van der Waals surface area contributed by atoms with E-state index in [4.69, 9.17) is 11.5 Å². The van der Waals surface area contributed by atoms with E-state index in [9.17, 15) is 4.79 Å². The van der Waals surface area contributed by atoms with Crippen LogP contribution in [0.3, 0.4) is 0 Å². The highest BCUT2D eigenvalue weighted by Gasteiger charge is 2.12. The molecule has 4 N–H and O–H groups in total. The van der Waals surface area contributed by atoms with Crippen LogP contribution in [0.1, 0.15) is 20.3 Å². The van der Waals surface area contributed by atoms with Crippen LogP contribution in [-0.2, 0) is 4.79 Å².